The molecule has 0 aliphatic heterocycles. The van der Waals surface area contributed by atoms with Gasteiger partial charge in [0.25, 0.3) is 0 Å². The Bertz CT molecular complexity index is 975. The maximum atomic E-state index is 12.4. The largest absolute Gasteiger partial charge is 0.362 e. The number of hydrogen-bond donors (Lipinski definition) is 3. The minimum absolute atomic E-state index is 0.126. The lowest BCUT2D eigenvalue weighted by molar-refractivity contribution is 0.243. The van der Waals surface area contributed by atoms with E-state index in [0.717, 1.165) is 50.3 Å². The van der Waals surface area contributed by atoms with Gasteiger partial charge in [0.15, 0.2) is 0 Å². The topological polar surface area (TPSA) is 82.2 Å². The SMILES string of the molecule is CN(C)c1nc(N[C@H]2CC[C@@H](NC(=O)Nc3ccc(Cl)cc3Cl)CC2)nc2c1CCCC2. The van der Waals surface area contributed by atoms with Crippen LogP contribution in [0.2, 0.25) is 10.0 Å². The number of aromatic nitrogens is 2. The fourth-order valence-electron chi connectivity index (χ4n) is 4.51. The number of urea groups is 1. The van der Waals surface area contributed by atoms with Crippen molar-refractivity contribution in [2.45, 2.75) is 63.5 Å². The fourth-order valence-corrected chi connectivity index (χ4v) is 4.96. The van der Waals surface area contributed by atoms with Crippen LogP contribution in [-0.2, 0) is 12.8 Å². The monoisotopic (exact) mass is 476 g/mol. The Kier molecular flexibility index (Phi) is 7.26. The summed E-state index contributed by atoms with van der Waals surface area (Å²) in [6.07, 6.45) is 8.17. The van der Waals surface area contributed by atoms with Crippen LogP contribution in [0.15, 0.2) is 18.2 Å². The highest BCUT2D eigenvalue weighted by Gasteiger charge is 2.25. The number of anilines is 3. The van der Waals surface area contributed by atoms with Crippen LogP contribution < -0.4 is 20.9 Å². The number of carbonyl (C=O) groups is 1. The lowest BCUT2D eigenvalue weighted by atomic mass is 9.91. The van der Waals surface area contributed by atoms with Gasteiger partial charge in [0, 0.05) is 36.8 Å². The molecule has 2 aromatic rings. The third-order valence-corrected chi connectivity index (χ3v) is 6.71. The van der Waals surface area contributed by atoms with Crippen molar-refractivity contribution >= 4 is 46.7 Å². The highest BCUT2D eigenvalue weighted by Crippen LogP contribution is 2.30. The average Bonchev–Trinajstić information content (AvgIpc) is 2.76. The quantitative estimate of drug-likeness (QED) is 0.547. The highest BCUT2D eigenvalue weighted by atomic mass is 35.5. The van der Waals surface area contributed by atoms with Gasteiger partial charge in [-0.3, -0.25) is 0 Å². The van der Waals surface area contributed by atoms with Gasteiger partial charge >= 0.3 is 6.03 Å². The predicted octanol–water partition coefficient (Wildman–Crippen LogP) is 5.27. The zero-order chi connectivity index (χ0) is 22.7. The second-order valence-electron chi connectivity index (χ2n) is 8.81. The molecule has 1 aromatic carbocycles. The molecule has 7 nitrogen and oxygen atoms in total. The third-order valence-electron chi connectivity index (χ3n) is 6.16. The van der Waals surface area contributed by atoms with Gasteiger partial charge < -0.3 is 20.9 Å². The van der Waals surface area contributed by atoms with Crippen LogP contribution >= 0.6 is 23.2 Å². The molecule has 4 rings (SSSR count). The molecular weight excluding hydrogens is 447 g/mol. The molecule has 1 saturated carbocycles. The standard InChI is InChI=1S/C23H30Cl2N6O/c1-31(2)21-17-5-3-4-6-19(17)28-22(30-21)26-15-8-10-16(11-9-15)27-23(32)29-20-12-7-14(24)13-18(20)25/h7,12-13,15-16H,3-6,8-11H2,1-2H3,(H,26,28,30)(H2,27,29,32)/t15-,16+. The molecule has 1 heterocycles. The average molecular weight is 477 g/mol. The lowest BCUT2D eigenvalue weighted by Crippen LogP contribution is -2.42. The van der Waals surface area contributed by atoms with Crippen LogP contribution in [0.4, 0.5) is 22.2 Å². The van der Waals surface area contributed by atoms with Gasteiger partial charge in [-0.2, -0.15) is 4.98 Å². The van der Waals surface area contributed by atoms with Gasteiger partial charge in [0.05, 0.1) is 16.4 Å². The van der Waals surface area contributed by atoms with E-state index >= 15 is 0 Å². The maximum absolute atomic E-state index is 12.4. The van der Waals surface area contributed by atoms with Crippen molar-refractivity contribution in [3.63, 3.8) is 0 Å². The molecule has 3 N–H and O–H groups in total. The van der Waals surface area contributed by atoms with Gasteiger partial charge in [-0.25, -0.2) is 9.78 Å². The number of carbonyl (C=O) groups excluding carboxylic acids is 1. The molecule has 0 unspecified atom stereocenters. The van der Waals surface area contributed by atoms with Crippen LogP contribution in [0.25, 0.3) is 0 Å². The van der Waals surface area contributed by atoms with Gasteiger partial charge in [-0.1, -0.05) is 23.2 Å². The number of hydrogen-bond acceptors (Lipinski definition) is 5. The summed E-state index contributed by atoms with van der Waals surface area (Å²) in [6.45, 7) is 0. The van der Waals surface area contributed by atoms with E-state index in [0.29, 0.717) is 21.8 Å². The Morgan fingerprint density at radius 2 is 1.75 bits per heavy atom. The van der Waals surface area contributed by atoms with Crippen molar-refractivity contribution in [3.8, 4) is 0 Å². The molecule has 172 valence electrons. The first-order chi connectivity index (χ1) is 15.4. The molecule has 9 heteroatoms. The molecule has 2 amide bonds. The van der Waals surface area contributed by atoms with E-state index in [1.54, 1.807) is 18.2 Å². The third kappa shape index (κ3) is 5.56. The minimum atomic E-state index is -0.251. The smallest absolute Gasteiger partial charge is 0.319 e. The molecule has 0 spiro atoms. The van der Waals surface area contributed by atoms with Crippen molar-refractivity contribution in [3.05, 3.63) is 39.5 Å². The molecule has 2 aliphatic rings. The highest BCUT2D eigenvalue weighted by molar-refractivity contribution is 6.36. The van der Waals surface area contributed by atoms with Crippen molar-refractivity contribution in [1.29, 1.82) is 0 Å². The Balaban J connectivity index is 1.30. The van der Waals surface area contributed by atoms with Gasteiger partial charge in [-0.05, 0) is 69.6 Å². The van der Waals surface area contributed by atoms with Crippen molar-refractivity contribution in [2.75, 3.05) is 29.6 Å². The fraction of sp³-hybridized carbons (Fsp3) is 0.522. The summed E-state index contributed by atoms with van der Waals surface area (Å²) in [7, 11) is 4.08. The number of fused-ring (bicyclic) bond motifs is 1. The normalized spacial score (nSPS) is 20.2. The second-order valence-corrected chi connectivity index (χ2v) is 9.66. The molecule has 0 radical (unpaired) electrons. The van der Waals surface area contributed by atoms with E-state index in [-0.39, 0.29) is 12.1 Å². The summed E-state index contributed by atoms with van der Waals surface area (Å²) in [4.78, 5) is 24.1. The Morgan fingerprint density at radius 3 is 2.47 bits per heavy atom. The van der Waals surface area contributed by atoms with E-state index in [9.17, 15) is 4.79 Å². The number of benzene rings is 1. The molecule has 32 heavy (non-hydrogen) atoms. The number of halogens is 2. The molecule has 1 aromatic heterocycles. The summed E-state index contributed by atoms with van der Waals surface area (Å²) < 4.78 is 0. The summed E-state index contributed by atoms with van der Waals surface area (Å²) in [6, 6.07) is 5.19. The van der Waals surface area contributed by atoms with Gasteiger partial charge in [0.1, 0.15) is 5.82 Å². The molecule has 0 atom stereocenters. The van der Waals surface area contributed by atoms with Gasteiger partial charge in [-0.15, -0.1) is 0 Å². The van der Waals surface area contributed by atoms with Crippen LogP contribution in [0.5, 0.6) is 0 Å². The van der Waals surface area contributed by atoms with E-state index in [1.807, 2.05) is 14.1 Å². The van der Waals surface area contributed by atoms with Crippen LogP contribution in [0, 0.1) is 0 Å². The van der Waals surface area contributed by atoms with E-state index in [1.165, 1.54) is 24.1 Å². The van der Waals surface area contributed by atoms with Crippen LogP contribution in [-0.4, -0.2) is 42.2 Å². The molecule has 1 fully saturated rings. The Labute approximate surface area is 199 Å². The molecule has 0 saturated heterocycles. The molecule has 2 aliphatic carbocycles. The predicted molar refractivity (Wildman–Crippen MR) is 131 cm³/mol. The van der Waals surface area contributed by atoms with Gasteiger partial charge in [0.2, 0.25) is 5.95 Å². The first-order valence-corrected chi connectivity index (χ1v) is 12.0. The molecule has 0 bridgehead atoms. The lowest BCUT2D eigenvalue weighted by Gasteiger charge is -2.30. The zero-order valence-corrected chi connectivity index (χ0v) is 20.1. The van der Waals surface area contributed by atoms with E-state index < -0.39 is 0 Å². The zero-order valence-electron chi connectivity index (χ0n) is 18.5. The summed E-state index contributed by atoms with van der Waals surface area (Å²) in [5, 5.41) is 10.4. The number of rotatable bonds is 5. The van der Waals surface area contributed by atoms with Crippen LogP contribution in [0.1, 0.15) is 49.8 Å². The number of amides is 2. The van der Waals surface area contributed by atoms with Crippen molar-refractivity contribution < 1.29 is 4.79 Å². The number of nitrogens with zero attached hydrogens (tertiary/aromatic N) is 3. The molecular formula is C23H30Cl2N6O. The minimum Gasteiger partial charge on any atom is -0.362 e. The summed E-state index contributed by atoms with van der Waals surface area (Å²) in [5.41, 5.74) is 3.03. The first kappa shape index (κ1) is 22.9. The van der Waals surface area contributed by atoms with E-state index in [2.05, 4.69) is 20.9 Å². The number of aryl methyl sites for hydroxylation is 1. The Hall–Kier alpha value is -2.25. The Morgan fingerprint density at radius 1 is 1.03 bits per heavy atom. The summed E-state index contributed by atoms with van der Waals surface area (Å²) >= 11 is 12.0. The maximum Gasteiger partial charge on any atom is 0.319 e. The summed E-state index contributed by atoms with van der Waals surface area (Å²) in [5.74, 6) is 1.76. The van der Waals surface area contributed by atoms with E-state index in [4.69, 9.17) is 33.2 Å². The van der Waals surface area contributed by atoms with Crippen molar-refractivity contribution in [2.24, 2.45) is 0 Å². The second kappa shape index (κ2) is 10.1. The first-order valence-electron chi connectivity index (χ1n) is 11.3. The van der Waals surface area contributed by atoms with Crippen molar-refractivity contribution in [1.82, 2.24) is 15.3 Å². The van der Waals surface area contributed by atoms with Crippen LogP contribution in [0.3, 0.4) is 0 Å². The number of nitrogens with one attached hydrogen (secondary N) is 3.